The Labute approximate surface area is 96.4 Å². The minimum atomic E-state index is -0.334. The molecule has 15 heavy (non-hydrogen) atoms. The normalized spacial score (nSPS) is 12.6. The van der Waals surface area contributed by atoms with Crippen LogP contribution in [0.1, 0.15) is 34.1 Å². The molecule has 3 nitrogen and oxygen atoms in total. The van der Waals surface area contributed by atoms with Crippen LogP contribution in [0.5, 0.6) is 0 Å². The molecule has 0 aromatic heterocycles. The first-order valence-corrected chi connectivity index (χ1v) is 6.52. The lowest BCUT2D eigenvalue weighted by molar-refractivity contribution is -0.126. The van der Waals surface area contributed by atoms with Gasteiger partial charge in [0.1, 0.15) is 0 Å². The first-order chi connectivity index (χ1) is 6.99. The van der Waals surface area contributed by atoms with E-state index in [9.17, 15) is 9.59 Å². The van der Waals surface area contributed by atoms with Crippen LogP contribution in [-0.2, 0) is 9.59 Å². The minimum absolute atomic E-state index is 0.0267. The summed E-state index contributed by atoms with van der Waals surface area (Å²) in [5, 5.41) is 2.77. The van der Waals surface area contributed by atoms with E-state index in [2.05, 4.69) is 12.2 Å². The fraction of sp³-hybridized carbons (Fsp3) is 0.818. The maximum Gasteiger partial charge on any atom is 0.230 e. The molecule has 0 heterocycles. The van der Waals surface area contributed by atoms with Gasteiger partial charge in [-0.2, -0.15) is 11.8 Å². The second kappa shape index (κ2) is 7.74. The van der Waals surface area contributed by atoms with Gasteiger partial charge in [0.2, 0.25) is 5.91 Å². The number of nitrogens with one attached hydrogen (secondary N) is 1. The highest BCUT2D eigenvalue weighted by molar-refractivity contribution is 7.99. The van der Waals surface area contributed by atoms with Crippen LogP contribution >= 0.6 is 11.8 Å². The molecule has 0 aromatic carbocycles. The average Bonchev–Trinajstić information content (AvgIpc) is 2.13. The lowest BCUT2D eigenvalue weighted by Gasteiger charge is -2.19. The Kier molecular flexibility index (Phi) is 7.48. The van der Waals surface area contributed by atoms with E-state index in [0.29, 0.717) is 5.75 Å². The number of carbonyl (C=O) groups excluding carboxylic acids is 2. The van der Waals surface area contributed by atoms with Crippen LogP contribution in [0, 0.1) is 5.92 Å². The monoisotopic (exact) mass is 231 g/mol. The van der Waals surface area contributed by atoms with Gasteiger partial charge in [-0.1, -0.05) is 20.8 Å². The number of ketones is 1. The van der Waals surface area contributed by atoms with Crippen molar-refractivity contribution in [1.29, 1.82) is 0 Å². The topological polar surface area (TPSA) is 46.2 Å². The van der Waals surface area contributed by atoms with Gasteiger partial charge in [-0.25, -0.2) is 0 Å². The van der Waals surface area contributed by atoms with Crippen molar-refractivity contribution in [2.45, 2.75) is 40.2 Å². The van der Waals surface area contributed by atoms with Crippen molar-refractivity contribution in [3.05, 3.63) is 0 Å². The zero-order chi connectivity index (χ0) is 11.8. The second-order valence-corrected chi connectivity index (χ2v) is 5.06. The van der Waals surface area contributed by atoms with Crippen LogP contribution in [0.15, 0.2) is 0 Å². The predicted molar refractivity (Wildman–Crippen MR) is 65.1 cm³/mol. The molecule has 0 rings (SSSR count). The molecule has 0 aliphatic heterocycles. The van der Waals surface area contributed by atoms with Gasteiger partial charge in [-0.3, -0.25) is 9.59 Å². The molecule has 0 saturated heterocycles. The standard InChI is InChI=1S/C11H21NO2S/c1-5-6-15-7-10(14)12-11(8(2)3)9(4)13/h8,11H,5-7H2,1-4H3,(H,12,14). The molecule has 0 saturated carbocycles. The zero-order valence-corrected chi connectivity index (χ0v) is 10.8. The van der Waals surface area contributed by atoms with Gasteiger partial charge < -0.3 is 5.32 Å². The summed E-state index contributed by atoms with van der Waals surface area (Å²) in [5.74, 6) is 1.58. The molecule has 0 fully saturated rings. The van der Waals surface area contributed by atoms with E-state index in [4.69, 9.17) is 0 Å². The van der Waals surface area contributed by atoms with Crippen molar-refractivity contribution in [3.63, 3.8) is 0 Å². The number of hydrogen-bond acceptors (Lipinski definition) is 3. The van der Waals surface area contributed by atoms with E-state index in [1.807, 2.05) is 13.8 Å². The third-order valence-corrected chi connectivity index (χ3v) is 3.17. The Hall–Kier alpha value is -0.510. The average molecular weight is 231 g/mol. The number of thioether (sulfide) groups is 1. The molecule has 0 aromatic rings. The molecule has 1 N–H and O–H groups in total. The van der Waals surface area contributed by atoms with E-state index in [1.165, 1.54) is 6.92 Å². The lowest BCUT2D eigenvalue weighted by Crippen LogP contribution is -2.44. The predicted octanol–water partition coefficient (Wildman–Crippen LogP) is 1.86. The molecule has 0 spiro atoms. The lowest BCUT2D eigenvalue weighted by atomic mass is 10.0. The van der Waals surface area contributed by atoms with Gasteiger partial charge in [0.25, 0.3) is 0 Å². The smallest absolute Gasteiger partial charge is 0.230 e. The molecule has 0 radical (unpaired) electrons. The van der Waals surface area contributed by atoms with E-state index in [0.717, 1.165) is 12.2 Å². The van der Waals surface area contributed by atoms with Crippen molar-refractivity contribution in [3.8, 4) is 0 Å². The fourth-order valence-corrected chi connectivity index (χ4v) is 1.96. The highest BCUT2D eigenvalue weighted by Crippen LogP contribution is 2.05. The van der Waals surface area contributed by atoms with Gasteiger partial charge in [0.05, 0.1) is 11.8 Å². The Morgan fingerprint density at radius 3 is 2.33 bits per heavy atom. The van der Waals surface area contributed by atoms with Gasteiger partial charge in [0, 0.05) is 0 Å². The molecule has 1 unspecified atom stereocenters. The molecular formula is C11H21NO2S. The molecule has 0 aliphatic carbocycles. The molecule has 1 atom stereocenters. The maximum absolute atomic E-state index is 11.5. The van der Waals surface area contributed by atoms with E-state index < -0.39 is 0 Å². The third kappa shape index (κ3) is 6.55. The van der Waals surface area contributed by atoms with Gasteiger partial charge in [-0.05, 0) is 25.0 Å². The quantitative estimate of drug-likeness (QED) is 0.680. The van der Waals surface area contributed by atoms with Crippen molar-refractivity contribution in [1.82, 2.24) is 5.32 Å². The zero-order valence-electron chi connectivity index (χ0n) is 10.0. The minimum Gasteiger partial charge on any atom is -0.345 e. The second-order valence-electron chi connectivity index (χ2n) is 3.95. The summed E-state index contributed by atoms with van der Waals surface area (Å²) >= 11 is 1.60. The third-order valence-electron chi connectivity index (χ3n) is 2.00. The highest BCUT2D eigenvalue weighted by atomic mass is 32.2. The summed E-state index contributed by atoms with van der Waals surface area (Å²) in [6.45, 7) is 7.47. The van der Waals surface area contributed by atoms with Crippen molar-refractivity contribution >= 4 is 23.5 Å². The van der Waals surface area contributed by atoms with Crippen LogP contribution in [0.4, 0.5) is 0 Å². The number of rotatable bonds is 7. The molecular weight excluding hydrogens is 210 g/mol. The highest BCUT2D eigenvalue weighted by Gasteiger charge is 2.19. The Balaban J connectivity index is 3.95. The molecule has 0 bridgehead atoms. The van der Waals surface area contributed by atoms with Crippen molar-refractivity contribution in [2.24, 2.45) is 5.92 Å². The van der Waals surface area contributed by atoms with Crippen LogP contribution < -0.4 is 5.32 Å². The summed E-state index contributed by atoms with van der Waals surface area (Å²) in [6, 6.07) is -0.334. The first kappa shape index (κ1) is 14.5. The molecule has 0 aliphatic rings. The van der Waals surface area contributed by atoms with Crippen molar-refractivity contribution < 1.29 is 9.59 Å². The number of Topliss-reactive ketones (excluding diaryl/α,β-unsaturated/α-hetero) is 1. The van der Waals surface area contributed by atoms with E-state index in [-0.39, 0.29) is 23.7 Å². The fourth-order valence-electron chi connectivity index (χ4n) is 1.26. The SMILES string of the molecule is CCCSCC(=O)NC(C(C)=O)C(C)C. The summed E-state index contributed by atoms with van der Waals surface area (Å²) in [6.07, 6.45) is 1.07. The molecule has 1 amide bonds. The Bertz CT molecular complexity index is 217. The molecule has 88 valence electrons. The molecule has 4 heteroatoms. The largest absolute Gasteiger partial charge is 0.345 e. The van der Waals surface area contributed by atoms with Crippen LogP contribution in [0.25, 0.3) is 0 Å². The van der Waals surface area contributed by atoms with Crippen LogP contribution in [0.2, 0.25) is 0 Å². The summed E-state index contributed by atoms with van der Waals surface area (Å²) in [7, 11) is 0. The van der Waals surface area contributed by atoms with E-state index >= 15 is 0 Å². The van der Waals surface area contributed by atoms with Crippen molar-refractivity contribution in [2.75, 3.05) is 11.5 Å². The number of amides is 1. The first-order valence-electron chi connectivity index (χ1n) is 5.36. The Morgan fingerprint density at radius 2 is 1.93 bits per heavy atom. The van der Waals surface area contributed by atoms with Gasteiger partial charge >= 0.3 is 0 Å². The van der Waals surface area contributed by atoms with Gasteiger partial charge in [-0.15, -0.1) is 0 Å². The maximum atomic E-state index is 11.5. The number of carbonyl (C=O) groups is 2. The van der Waals surface area contributed by atoms with Crippen LogP contribution in [0.3, 0.4) is 0 Å². The number of hydrogen-bond donors (Lipinski definition) is 1. The van der Waals surface area contributed by atoms with Crippen LogP contribution in [-0.4, -0.2) is 29.2 Å². The Morgan fingerprint density at radius 1 is 1.33 bits per heavy atom. The summed E-state index contributed by atoms with van der Waals surface area (Å²) in [4.78, 5) is 22.7. The summed E-state index contributed by atoms with van der Waals surface area (Å²) < 4.78 is 0. The summed E-state index contributed by atoms with van der Waals surface area (Å²) in [5.41, 5.74) is 0. The van der Waals surface area contributed by atoms with E-state index in [1.54, 1.807) is 11.8 Å². The van der Waals surface area contributed by atoms with Gasteiger partial charge in [0.15, 0.2) is 5.78 Å².